The van der Waals surface area contributed by atoms with Gasteiger partial charge in [0.2, 0.25) is 0 Å². The quantitative estimate of drug-likeness (QED) is 0.601. The first-order valence-electron chi connectivity index (χ1n) is 6.70. The zero-order valence-electron chi connectivity index (χ0n) is 10.6. The third-order valence-corrected chi connectivity index (χ3v) is 4.39. The summed E-state index contributed by atoms with van der Waals surface area (Å²) in [5.74, 6) is 3.97. The molecule has 1 aliphatic rings. The van der Waals surface area contributed by atoms with Crippen molar-refractivity contribution in [3.63, 3.8) is 0 Å². The molecule has 0 saturated heterocycles. The van der Waals surface area contributed by atoms with Crippen molar-refractivity contribution in [2.24, 2.45) is 23.7 Å². The smallest absolute Gasteiger partial charge is 0.0355 e. The van der Waals surface area contributed by atoms with Gasteiger partial charge in [-0.25, -0.2) is 0 Å². The van der Waals surface area contributed by atoms with Crippen molar-refractivity contribution in [2.45, 2.75) is 66.2 Å². The SMILES string of the molecule is CCC(CC)C1CCCCC1C(C)C. The van der Waals surface area contributed by atoms with Crippen LogP contribution in [0.25, 0.3) is 0 Å². The highest BCUT2D eigenvalue weighted by atomic mass is 14.4. The van der Waals surface area contributed by atoms with Crippen molar-refractivity contribution in [3.8, 4) is 0 Å². The molecule has 1 fully saturated rings. The van der Waals surface area contributed by atoms with Crippen LogP contribution in [0.1, 0.15) is 66.2 Å². The highest BCUT2D eigenvalue weighted by molar-refractivity contribution is 4.81. The predicted molar refractivity (Wildman–Crippen MR) is 64.4 cm³/mol. The molecule has 0 bridgehead atoms. The van der Waals surface area contributed by atoms with Gasteiger partial charge in [-0.3, -0.25) is 0 Å². The average Bonchev–Trinajstić information content (AvgIpc) is 2.20. The summed E-state index contributed by atoms with van der Waals surface area (Å²) in [7, 11) is 0. The largest absolute Gasteiger partial charge is 0.0651 e. The Morgan fingerprint density at radius 3 is 1.86 bits per heavy atom. The molecule has 0 nitrogen and oxygen atoms in total. The Kier molecular flexibility index (Phi) is 4.98. The molecular weight excluding hydrogens is 168 g/mol. The van der Waals surface area contributed by atoms with Crippen molar-refractivity contribution in [2.75, 3.05) is 0 Å². The van der Waals surface area contributed by atoms with Crippen molar-refractivity contribution in [3.05, 3.63) is 0 Å². The minimum Gasteiger partial charge on any atom is -0.0651 e. The van der Waals surface area contributed by atoms with E-state index in [0.717, 1.165) is 23.7 Å². The van der Waals surface area contributed by atoms with E-state index in [1.54, 1.807) is 0 Å². The van der Waals surface area contributed by atoms with E-state index in [1.165, 1.54) is 38.5 Å². The second-order valence-electron chi connectivity index (χ2n) is 5.43. The van der Waals surface area contributed by atoms with E-state index in [4.69, 9.17) is 0 Å². The average molecular weight is 196 g/mol. The third kappa shape index (κ3) is 2.74. The van der Waals surface area contributed by atoms with Gasteiger partial charge in [-0.15, -0.1) is 0 Å². The molecule has 1 rings (SSSR count). The molecule has 0 aromatic heterocycles. The summed E-state index contributed by atoms with van der Waals surface area (Å²) >= 11 is 0. The van der Waals surface area contributed by atoms with E-state index < -0.39 is 0 Å². The van der Waals surface area contributed by atoms with Crippen LogP contribution >= 0.6 is 0 Å². The lowest BCUT2D eigenvalue weighted by molar-refractivity contribution is 0.114. The second kappa shape index (κ2) is 5.78. The Morgan fingerprint density at radius 2 is 1.43 bits per heavy atom. The van der Waals surface area contributed by atoms with E-state index in [9.17, 15) is 0 Å². The molecule has 0 radical (unpaired) electrons. The zero-order chi connectivity index (χ0) is 10.6. The lowest BCUT2D eigenvalue weighted by atomic mass is 9.67. The van der Waals surface area contributed by atoms with Crippen molar-refractivity contribution in [1.82, 2.24) is 0 Å². The van der Waals surface area contributed by atoms with E-state index in [1.807, 2.05) is 0 Å². The molecule has 0 aromatic carbocycles. The van der Waals surface area contributed by atoms with Gasteiger partial charge in [0.15, 0.2) is 0 Å². The van der Waals surface area contributed by atoms with Gasteiger partial charge in [-0.2, -0.15) is 0 Å². The van der Waals surface area contributed by atoms with Gasteiger partial charge in [-0.1, -0.05) is 53.4 Å². The van der Waals surface area contributed by atoms with E-state index in [0.29, 0.717) is 0 Å². The van der Waals surface area contributed by atoms with Crippen LogP contribution in [0.3, 0.4) is 0 Å². The fourth-order valence-corrected chi connectivity index (χ4v) is 3.50. The Bertz CT molecular complexity index is 144. The normalized spacial score (nSPS) is 28.7. The first-order chi connectivity index (χ1) is 6.70. The summed E-state index contributed by atoms with van der Waals surface area (Å²) in [6.45, 7) is 9.59. The Balaban J connectivity index is 2.61. The zero-order valence-corrected chi connectivity index (χ0v) is 10.6. The minimum atomic E-state index is 0.904. The van der Waals surface area contributed by atoms with Crippen LogP contribution in [0.5, 0.6) is 0 Å². The molecule has 0 aliphatic heterocycles. The fourth-order valence-electron chi connectivity index (χ4n) is 3.50. The van der Waals surface area contributed by atoms with E-state index in [-0.39, 0.29) is 0 Å². The maximum Gasteiger partial charge on any atom is -0.0355 e. The Morgan fingerprint density at radius 1 is 0.929 bits per heavy atom. The standard InChI is InChI=1S/C14H28/c1-5-12(6-2)14-10-8-7-9-13(14)11(3)4/h11-14H,5-10H2,1-4H3. The van der Waals surface area contributed by atoms with E-state index in [2.05, 4.69) is 27.7 Å². The molecule has 0 spiro atoms. The molecule has 0 heterocycles. The first-order valence-corrected chi connectivity index (χ1v) is 6.70. The maximum absolute atomic E-state index is 2.42. The lowest BCUT2D eigenvalue weighted by Crippen LogP contribution is -2.29. The number of hydrogen-bond acceptors (Lipinski definition) is 0. The third-order valence-electron chi connectivity index (χ3n) is 4.39. The van der Waals surface area contributed by atoms with E-state index >= 15 is 0 Å². The summed E-state index contributed by atoms with van der Waals surface area (Å²) in [6.07, 6.45) is 8.77. The monoisotopic (exact) mass is 196 g/mol. The molecule has 1 saturated carbocycles. The molecule has 0 heteroatoms. The summed E-state index contributed by atoms with van der Waals surface area (Å²) in [6, 6.07) is 0. The molecular formula is C14H28. The lowest BCUT2D eigenvalue weighted by Gasteiger charge is -2.39. The molecule has 0 aromatic rings. The molecule has 0 amide bonds. The van der Waals surface area contributed by atoms with Gasteiger partial charge < -0.3 is 0 Å². The molecule has 1 aliphatic carbocycles. The van der Waals surface area contributed by atoms with Gasteiger partial charge in [0.05, 0.1) is 0 Å². The predicted octanol–water partition coefficient (Wildman–Crippen LogP) is 4.89. The van der Waals surface area contributed by atoms with Crippen LogP contribution in [0, 0.1) is 23.7 Å². The fraction of sp³-hybridized carbons (Fsp3) is 1.00. The highest BCUT2D eigenvalue weighted by Crippen LogP contribution is 2.41. The Hall–Kier alpha value is 0. The van der Waals surface area contributed by atoms with Crippen molar-refractivity contribution < 1.29 is 0 Å². The van der Waals surface area contributed by atoms with Crippen LogP contribution in [0.15, 0.2) is 0 Å². The van der Waals surface area contributed by atoms with Gasteiger partial charge >= 0.3 is 0 Å². The van der Waals surface area contributed by atoms with Crippen LogP contribution in [0.2, 0.25) is 0 Å². The second-order valence-corrected chi connectivity index (χ2v) is 5.43. The van der Waals surface area contributed by atoms with Crippen LogP contribution in [0.4, 0.5) is 0 Å². The minimum absolute atomic E-state index is 0.904. The van der Waals surface area contributed by atoms with Crippen LogP contribution in [-0.2, 0) is 0 Å². The molecule has 84 valence electrons. The summed E-state index contributed by atoms with van der Waals surface area (Å²) in [5.41, 5.74) is 0. The van der Waals surface area contributed by atoms with Crippen molar-refractivity contribution in [1.29, 1.82) is 0 Å². The molecule has 14 heavy (non-hydrogen) atoms. The Labute approximate surface area is 90.5 Å². The van der Waals surface area contributed by atoms with Crippen LogP contribution in [-0.4, -0.2) is 0 Å². The van der Waals surface area contributed by atoms with Crippen LogP contribution < -0.4 is 0 Å². The summed E-state index contributed by atoms with van der Waals surface area (Å²) in [5, 5.41) is 0. The maximum atomic E-state index is 2.42. The molecule has 2 unspecified atom stereocenters. The molecule has 2 atom stereocenters. The summed E-state index contributed by atoms with van der Waals surface area (Å²) < 4.78 is 0. The summed E-state index contributed by atoms with van der Waals surface area (Å²) in [4.78, 5) is 0. The first kappa shape index (κ1) is 12.1. The van der Waals surface area contributed by atoms with Gasteiger partial charge in [0.1, 0.15) is 0 Å². The molecule has 0 N–H and O–H groups in total. The highest BCUT2D eigenvalue weighted by Gasteiger charge is 2.31. The number of hydrogen-bond donors (Lipinski definition) is 0. The van der Waals surface area contributed by atoms with Gasteiger partial charge in [-0.05, 0) is 36.5 Å². The van der Waals surface area contributed by atoms with Crippen molar-refractivity contribution >= 4 is 0 Å². The van der Waals surface area contributed by atoms with Gasteiger partial charge in [0, 0.05) is 0 Å². The van der Waals surface area contributed by atoms with Gasteiger partial charge in [0.25, 0.3) is 0 Å². The topological polar surface area (TPSA) is 0 Å². The number of rotatable bonds is 4.